The molecule has 2 aromatic carbocycles. The number of nitrogens with zero attached hydrogens (tertiary/aromatic N) is 1. The number of fused-ring (bicyclic) bond motifs is 1. The lowest BCUT2D eigenvalue weighted by molar-refractivity contribution is 0.299. The Hall–Kier alpha value is -2.15. The molecule has 3 rings (SSSR count). The van der Waals surface area contributed by atoms with Gasteiger partial charge in [-0.15, -0.1) is 4.72 Å². The highest BCUT2D eigenvalue weighted by molar-refractivity contribution is 7.90. The van der Waals surface area contributed by atoms with Gasteiger partial charge in [-0.25, -0.2) is 9.37 Å². The first-order valence-corrected chi connectivity index (χ1v) is 10.3. The largest absolute Gasteiger partial charge is 0.598 e. The molecule has 0 aliphatic heterocycles. The molecule has 1 N–H and O–H groups in total. The maximum absolute atomic E-state index is 13.7. The molecular weight excluding hydrogens is 375 g/mol. The SMILES string of the molecule is C[C@H](N[S@@+]([O-])C(C)(C)C)c1nc2ccc(F)cc2cc1OCc1ccccc1. The van der Waals surface area contributed by atoms with Gasteiger partial charge in [-0.3, -0.25) is 0 Å². The predicted octanol–water partition coefficient (Wildman–Crippen LogP) is 5.07. The minimum atomic E-state index is -1.26. The van der Waals surface area contributed by atoms with Crippen molar-refractivity contribution in [3.8, 4) is 5.75 Å². The van der Waals surface area contributed by atoms with Crippen molar-refractivity contribution in [2.75, 3.05) is 0 Å². The van der Waals surface area contributed by atoms with E-state index < -0.39 is 16.1 Å². The van der Waals surface area contributed by atoms with Crippen LogP contribution in [0.2, 0.25) is 0 Å². The van der Waals surface area contributed by atoms with Crippen molar-refractivity contribution in [2.24, 2.45) is 0 Å². The van der Waals surface area contributed by atoms with Crippen LogP contribution in [0.3, 0.4) is 0 Å². The zero-order valence-electron chi connectivity index (χ0n) is 16.5. The molecule has 0 amide bonds. The van der Waals surface area contributed by atoms with Crippen LogP contribution in [0.4, 0.5) is 4.39 Å². The Morgan fingerprint density at radius 1 is 1.14 bits per heavy atom. The minimum Gasteiger partial charge on any atom is -0.598 e. The van der Waals surface area contributed by atoms with Crippen LogP contribution in [0, 0.1) is 5.82 Å². The molecule has 4 nitrogen and oxygen atoms in total. The van der Waals surface area contributed by atoms with E-state index in [1.165, 1.54) is 12.1 Å². The predicted molar refractivity (Wildman–Crippen MR) is 112 cm³/mol. The highest BCUT2D eigenvalue weighted by Crippen LogP contribution is 2.30. The summed E-state index contributed by atoms with van der Waals surface area (Å²) < 4.78 is 34.9. The molecule has 148 valence electrons. The van der Waals surface area contributed by atoms with Crippen molar-refractivity contribution in [1.29, 1.82) is 0 Å². The molecule has 2 atom stereocenters. The number of hydrogen-bond acceptors (Lipinski definition) is 4. The highest BCUT2D eigenvalue weighted by atomic mass is 32.2. The van der Waals surface area contributed by atoms with Gasteiger partial charge in [0, 0.05) is 16.7 Å². The summed E-state index contributed by atoms with van der Waals surface area (Å²) in [5.74, 6) is 0.226. The number of halogens is 1. The lowest BCUT2D eigenvalue weighted by atomic mass is 10.1. The molecule has 3 aromatic rings. The second-order valence-electron chi connectivity index (χ2n) is 7.70. The molecule has 0 radical (unpaired) electrons. The van der Waals surface area contributed by atoms with Gasteiger partial charge in [0.1, 0.15) is 28.6 Å². The van der Waals surface area contributed by atoms with E-state index >= 15 is 0 Å². The molecule has 1 aromatic heterocycles. The van der Waals surface area contributed by atoms with Gasteiger partial charge in [-0.05, 0) is 57.5 Å². The van der Waals surface area contributed by atoms with Gasteiger partial charge in [0.15, 0.2) is 0 Å². The van der Waals surface area contributed by atoms with Crippen LogP contribution in [0.5, 0.6) is 5.75 Å². The Morgan fingerprint density at radius 3 is 2.54 bits per heavy atom. The number of pyridine rings is 1. The average molecular weight is 401 g/mol. The fraction of sp³-hybridized carbons (Fsp3) is 0.318. The Labute approximate surface area is 168 Å². The zero-order valence-corrected chi connectivity index (χ0v) is 17.3. The molecule has 0 unspecified atom stereocenters. The number of aromatic nitrogens is 1. The summed E-state index contributed by atoms with van der Waals surface area (Å²) in [5, 5.41) is 0.663. The summed E-state index contributed by atoms with van der Waals surface area (Å²) in [6, 6.07) is 15.7. The van der Waals surface area contributed by atoms with Crippen molar-refractivity contribution in [3.05, 3.63) is 71.7 Å². The van der Waals surface area contributed by atoms with Gasteiger partial charge in [-0.1, -0.05) is 30.3 Å². The molecule has 28 heavy (non-hydrogen) atoms. The van der Waals surface area contributed by atoms with Crippen LogP contribution in [-0.4, -0.2) is 14.3 Å². The van der Waals surface area contributed by atoms with E-state index in [0.717, 1.165) is 5.56 Å². The van der Waals surface area contributed by atoms with Gasteiger partial charge < -0.3 is 9.29 Å². The van der Waals surface area contributed by atoms with Gasteiger partial charge in [0.25, 0.3) is 0 Å². The zero-order chi connectivity index (χ0) is 20.3. The summed E-state index contributed by atoms with van der Waals surface area (Å²) in [4.78, 5) is 4.67. The molecule has 0 aliphatic carbocycles. The van der Waals surface area contributed by atoms with E-state index in [0.29, 0.717) is 29.0 Å². The number of nitrogens with one attached hydrogen (secondary N) is 1. The third kappa shape index (κ3) is 5.01. The van der Waals surface area contributed by atoms with Crippen LogP contribution in [0.15, 0.2) is 54.6 Å². The molecule has 0 saturated carbocycles. The van der Waals surface area contributed by atoms with Gasteiger partial charge in [-0.2, -0.15) is 0 Å². The third-order valence-corrected chi connectivity index (χ3v) is 5.94. The second kappa shape index (κ2) is 8.47. The van der Waals surface area contributed by atoms with E-state index in [1.54, 1.807) is 12.1 Å². The van der Waals surface area contributed by atoms with Crippen LogP contribution >= 0.6 is 0 Å². The van der Waals surface area contributed by atoms with Crippen LogP contribution in [0.25, 0.3) is 10.9 Å². The van der Waals surface area contributed by atoms with E-state index in [1.807, 2.05) is 58.0 Å². The van der Waals surface area contributed by atoms with E-state index in [-0.39, 0.29) is 11.9 Å². The second-order valence-corrected chi connectivity index (χ2v) is 9.70. The first-order chi connectivity index (χ1) is 13.2. The summed E-state index contributed by atoms with van der Waals surface area (Å²) in [5.41, 5.74) is 2.33. The standard InChI is InChI=1S/C22H25FN2O2S/c1-15(25-28(26)22(2,3)4)21-20(27-14-16-8-6-5-7-9-16)13-17-12-18(23)10-11-19(17)24-21/h5-13,15,25H,14H2,1-4H3/t15-,28-/m0/s1. The Kier molecular flexibility index (Phi) is 6.23. The summed E-state index contributed by atoms with van der Waals surface area (Å²) in [7, 11) is 0. The number of hydrogen-bond donors (Lipinski definition) is 1. The van der Waals surface area contributed by atoms with Crippen molar-refractivity contribution in [2.45, 2.75) is 45.1 Å². The first kappa shape index (κ1) is 20.6. The quantitative estimate of drug-likeness (QED) is 0.587. The van der Waals surface area contributed by atoms with Crippen LogP contribution in [0.1, 0.15) is 45.0 Å². The minimum absolute atomic E-state index is 0.305. The van der Waals surface area contributed by atoms with Crippen LogP contribution < -0.4 is 9.46 Å². The normalized spacial score (nSPS) is 14.1. The number of ether oxygens (including phenoxy) is 1. The van der Waals surface area contributed by atoms with Gasteiger partial charge in [0.2, 0.25) is 0 Å². The molecule has 0 spiro atoms. The molecule has 0 saturated heterocycles. The Morgan fingerprint density at radius 2 is 1.86 bits per heavy atom. The Balaban J connectivity index is 1.94. The average Bonchev–Trinajstić information content (AvgIpc) is 2.65. The smallest absolute Gasteiger partial charge is 0.143 e. The van der Waals surface area contributed by atoms with Crippen molar-refractivity contribution < 1.29 is 13.7 Å². The van der Waals surface area contributed by atoms with Crippen molar-refractivity contribution >= 4 is 22.3 Å². The summed E-state index contributed by atoms with van der Waals surface area (Å²) >= 11 is -1.26. The first-order valence-electron chi connectivity index (χ1n) is 9.19. The number of rotatable bonds is 6. The lowest BCUT2D eigenvalue weighted by Gasteiger charge is -2.27. The summed E-state index contributed by atoms with van der Waals surface area (Å²) in [6.07, 6.45) is 0. The van der Waals surface area contributed by atoms with Crippen LogP contribution in [-0.2, 0) is 18.0 Å². The maximum atomic E-state index is 13.7. The van der Waals surface area contributed by atoms with E-state index in [4.69, 9.17) is 4.74 Å². The lowest BCUT2D eigenvalue weighted by Crippen LogP contribution is -2.40. The molecule has 6 heteroatoms. The molecule has 0 fully saturated rings. The topological polar surface area (TPSA) is 57.2 Å². The summed E-state index contributed by atoms with van der Waals surface area (Å²) in [6.45, 7) is 7.99. The Bertz CT molecular complexity index is 944. The third-order valence-electron chi connectivity index (χ3n) is 4.26. The van der Waals surface area contributed by atoms with E-state index in [2.05, 4.69) is 9.71 Å². The monoisotopic (exact) mass is 400 g/mol. The van der Waals surface area contributed by atoms with Gasteiger partial charge >= 0.3 is 0 Å². The molecule has 0 bridgehead atoms. The fourth-order valence-corrected chi connectivity index (χ4v) is 3.48. The molecule has 0 aliphatic rings. The fourth-order valence-electron chi connectivity index (χ4n) is 2.70. The molecule has 1 heterocycles. The van der Waals surface area contributed by atoms with Crippen molar-refractivity contribution in [3.63, 3.8) is 0 Å². The maximum Gasteiger partial charge on any atom is 0.143 e. The van der Waals surface area contributed by atoms with Crippen molar-refractivity contribution in [1.82, 2.24) is 9.71 Å². The van der Waals surface area contributed by atoms with E-state index in [9.17, 15) is 8.94 Å². The highest BCUT2D eigenvalue weighted by Gasteiger charge is 2.30. The number of benzene rings is 2. The molecular formula is C22H25FN2O2S. The van der Waals surface area contributed by atoms with Gasteiger partial charge in [0.05, 0.1) is 11.6 Å².